The maximum atomic E-state index is 5.54. The molecule has 6 heteroatoms. The Morgan fingerprint density at radius 2 is 1.59 bits per heavy atom. The number of nitrogens with one attached hydrogen (secondary N) is 2. The Balaban J connectivity index is 2.11. The van der Waals surface area contributed by atoms with Gasteiger partial charge in [-0.05, 0) is 54.4 Å². The average Bonchev–Trinajstić information content (AvgIpc) is 2.67. The van der Waals surface area contributed by atoms with Crippen LogP contribution in [0.15, 0.2) is 42.5 Å². The molecule has 0 saturated heterocycles. The van der Waals surface area contributed by atoms with Crippen LogP contribution in [-0.2, 0) is 0 Å². The lowest BCUT2D eigenvalue weighted by Gasteiger charge is -2.23. The van der Waals surface area contributed by atoms with Crippen molar-refractivity contribution in [2.24, 2.45) is 5.92 Å². The van der Waals surface area contributed by atoms with Gasteiger partial charge >= 0.3 is 0 Å². The predicted octanol–water partition coefficient (Wildman–Crippen LogP) is 4.79. The van der Waals surface area contributed by atoms with E-state index >= 15 is 0 Å². The lowest BCUT2D eigenvalue weighted by Crippen LogP contribution is -2.33. The van der Waals surface area contributed by atoms with E-state index in [1.54, 1.807) is 21.3 Å². The molecule has 0 amide bonds. The summed E-state index contributed by atoms with van der Waals surface area (Å²) in [6.07, 6.45) is 0.958. The van der Waals surface area contributed by atoms with E-state index in [4.69, 9.17) is 26.4 Å². The first-order valence-corrected chi connectivity index (χ1v) is 9.31. The van der Waals surface area contributed by atoms with Gasteiger partial charge < -0.3 is 24.8 Å². The van der Waals surface area contributed by atoms with Gasteiger partial charge in [-0.15, -0.1) is 0 Å². The Morgan fingerprint density at radius 1 is 0.926 bits per heavy atom. The third kappa shape index (κ3) is 6.03. The number of ether oxygens (including phenoxy) is 3. The van der Waals surface area contributed by atoms with Crippen molar-refractivity contribution < 1.29 is 14.2 Å². The van der Waals surface area contributed by atoms with Crippen molar-refractivity contribution >= 4 is 23.0 Å². The maximum Gasteiger partial charge on any atom is 0.171 e. The highest BCUT2D eigenvalue weighted by atomic mass is 32.1. The molecule has 2 aromatic carbocycles. The minimum Gasteiger partial charge on any atom is -0.497 e. The second-order valence-electron chi connectivity index (χ2n) is 6.62. The van der Waals surface area contributed by atoms with E-state index in [1.807, 2.05) is 30.3 Å². The van der Waals surface area contributed by atoms with Crippen molar-refractivity contribution in [2.75, 3.05) is 26.6 Å². The van der Waals surface area contributed by atoms with Crippen LogP contribution in [0.3, 0.4) is 0 Å². The van der Waals surface area contributed by atoms with Crippen molar-refractivity contribution in [2.45, 2.75) is 26.3 Å². The minimum absolute atomic E-state index is 0.107. The van der Waals surface area contributed by atoms with E-state index in [-0.39, 0.29) is 6.04 Å². The predicted molar refractivity (Wildman–Crippen MR) is 114 cm³/mol. The summed E-state index contributed by atoms with van der Waals surface area (Å²) in [5, 5.41) is 7.21. The Kier molecular flexibility index (Phi) is 7.73. The van der Waals surface area contributed by atoms with Gasteiger partial charge in [0.1, 0.15) is 5.75 Å². The quantitative estimate of drug-likeness (QED) is 0.635. The van der Waals surface area contributed by atoms with Gasteiger partial charge in [0.25, 0.3) is 0 Å². The van der Waals surface area contributed by atoms with Gasteiger partial charge in [0, 0.05) is 11.8 Å². The fraction of sp³-hybridized carbons (Fsp3) is 0.381. The third-order valence-electron chi connectivity index (χ3n) is 4.17. The summed E-state index contributed by atoms with van der Waals surface area (Å²) in [5.74, 6) is 2.69. The summed E-state index contributed by atoms with van der Waals surface area (Å²) in [6, 6.07) is 13.8. The number of anilines is 1. The molecule has 0 aliphatic rings. The van der Waals surface area contributed by atoms with Crippen LogP contribution >= 0.6 is 12.2 Å². The van der Waals surface area contributed by atoms with Gasteiger partial charge in [-0.1, -0.05) is 26.0 Å². The molecular formula is C21H28N2O3S. The lowest BCUT2D eigenvalue weighted by atomic mass is 9.97. The summed E-state index contributed by atoms with van der Waals surface area (Å²) < 4.78 is 15.9. The molecule has 0 aliphatic carbocycles. The first-order valence-electron chi connectivity index (χ1n) is 8.90. The van der Waals surface area contributed by atoms with Crippen LogP contribution in [0.4, 0.5) is 5.69 Å². The highest BCUT2D eigenvalue weighted by molar-refractivity contribution is 7.80. The molecule has 0 unspecified atom stereocenters. The molecule has 2 N–H and O–H groups in total. The normalized spacial score (nSPS) is 11.6. The monoisotopic (exact) mass is 388 g/mol. The van der Waals surface area contributed by atoms with E-state index < -0.39 is 0 Å². The maximum absolute atomic E-state index is 5.54. The first-order chi connectivity index (χ1) is 13.0. The molecule has 0 saturated carbocycles. The second kappa shape index (κ2) is 10.0. The summed E-state index contributed by atoms with van der Waals surface area (Å²) in [7, 11) is 4.89. The zero-order valence-electron chi connectivity index (χ0n) is 16.5. The SMILES string of the molecule is COc1ccc([C@@H](CC(C)C)NC(=S)Nc2ccc(OC)c(OC)c2)cc1. The van der Waals surface area contributed by atoms with Crippen LogP contribution in [0.5, 0.6) is 17.2 Å². The molecule has 1 atom stereocenters. The van der Waals surface area contributed by atoms with Gasteiger partial charge in [0.2, 0.25) is 0 Å². The topological polar surface area (TPSA) is 51.8 Å². The number of methoxy groups -OCH3 is 3. The first kappa shape index (κ1) is 20.8. The standard InChI is InChI=1S/C21H28N2O3S/c1-14(2)12-18(15-6-9-17(24-3)10-7-15)23-21(27)22-16-8-11-19(25-4)20(13-16)26-5/h6-11,13-14,18H,12H2,1-5H3,(H2,22,23,27)/t18-/m1/s1. The Bertz CT molecular complexity index is 748. The molecule has 0 radical (unpaired) electrons. The van der Waals surface area contributed by atoms with E-state index in [0.29, 0.717) is 22.5 Å². The fourth-order valence-electron chi connectivity index (χ4n) is 2.83. The van der Waals surface area contributed by atoms with Crippen molar-refractivity contribution in [1.29, 1.82) is 0 Å². The summed E-state index contributed by atoms with van der Waals surface area (Å²) in [6.45, 7) is 4.39. The molecule has 146 valence electrons. The molecular weight excluding hydrogens is 360 g/mol. The highest BCUT2D eigenvalue weighted by Gasteiger charge is 2.15. The molecule has 0 fully saturated rings. The average molecular weight is 389 g/mol. The van der Waals surface area contributed by atoms with E-state index in [2.05, 4.69) is 36.6 Å². The molecule has 0 heterocycles. The van der Waals surface area contributed by atoms with Crippen LogP contribution in [0.2, 0.25) is 0 Å². The van der Waals surface area contributed by atoms with E-state index in [9.17, 15) is 0 Å². The largest absolute Gasteiger partial charge is 0.497 e. The van der Waals surface area contributed by atoms with Crippen molar-refractivity contribution in [1.82, 2.24) is 5.32 Å². The van der Waals surface area contributed by atoms with Gasteiger partial charge in [-0.25, -0.2) is 0 Å². The molecule has 2 rings (SSSR count). The Hall–Kier alpha value is -2.47. The Morgan fingerprint density at radius 3 is 2.15 bits per heavy atom. The number of rotatable bonds is 8. The van der Waals surface area contributed by atoms with Crippen LogP contribution in [0.1, 0.15) is 31.9 Å². The Labute approximate surface area is 167 Å². The fourth-order valence-corrected chi connectivity index (χ4v) is 3.09. The van der Waals surface area contributed by atoms with Crippen molar-refractivity contribution in [3.05, 3.63) is 48.0 Å². The zero-order valence-corrected chi connectivity index (χ0v) is 17.4. The summed E-state index contributed by atoms with van der Waals surface area (Å²) >= 11 is 5.54. The summed E-state index contributed by atoms with van der Waals surface area (Å²) in [5.41, 5.74) is 2.00. The molecule has 2 aromatic rings. The third-order valence-corrected chi connectivity index (χ3v) is 4.39. The van der Waals surface area contributed by atoms with E-state index in [0.717, 1.165) is 17.9 Å². The molecule has 0 bridgehead atoms. The van der Waals surface area contributed by atoms with Gasteiger partial charge in [0.05, 0.1) is 27.4 Å². The zero-order chi connectivity index (χ0) is 19.8. The summed E-state index contributed by atoms with van der Waals surface area (Å²) in [4.78, 5) is 0. The van der Waals surface area contributed by atoms with Gasteiger partial charge in [-0.2, -0.15) is 0 Å². The van der Waals surface area contributed by atoms with E-state index in [1.165, 1.54) is 5.56 Å². The van der Waals surface area contributed by atoms with Crippen LogP contribution < -0.4 is 24.8 Å². The molecule has 0 aromatic heterocycles. The van der Waals surface area contributed by atoms with Crippen LogP contribution in [-0.4, -0.2) is 26.4 Å². The lowest BCUT2D eigenvalue weighted by molar-refractivity contribution is 0.355. The number of benzene rings is 2. The smallest absolute Gasteiger partial charge is 0.171 e. The number of hydrogen-bond acceptors (Lipinski definition) is 4. The molecule has 0 aliphatic heterocycles. The molecule has 5 nitrogen and oxygen atoms in total. The van der Waals surface area contributed by atoms with Gasteiger partial charge in [-0.3, -0.25) is 0 Å². The van der Waals surface area contributed by atoms with Crippen LogP contribution in [0.25, 0.3) is 0 Å². The van der Waals surface area contributed by atoms with Crippen molar-refractivity contribution in [3.63, 3.8) is 0 Å². The minimum atomic E-state index is 0.107. The van der Waals surface area contributed by atoms with Crippen molar-refractivity contribution in [3.8, 4) is 17.2 Å². The second-order valence-corrected chi connectivity index (χ2v) is 7.03. The highest BCUT2D eigenvalue weighted by Crippen LogP contribution is 2.30. The van der Waals surface area contributed by atoms with Gasteiger partial charge in [0.15, 0.2) is 16.6 Å². The molecule has 27 heavy (non-hydrogen) atoms. The van der Waals surface area contributed by atoms with Crippen LogP contribution in [0, 0.1) is 5.92 Å². The number of hydrogen-bond donors (Lipinski definition) is 2. The molecule has 0 spiro atoms. The number of thiocarbonyl (C=S) groups is 1.